The lowest BCUT2D eigenvalue weighted by Gasteiger charge is -2.35. The zero-order valence-corrected chi connectivity index (χ0v) is 20.8. The van der Waals surface area contributed by atoms with E-state index in [1.54, 1.807) is 30.3 Å². The first-order chi connectivity index (χ1) is 17.8. The molecule has 2 aromatic heterocycles. The molecule has 5 rings (SSSR count). The molecule has 3 heterocycles. The molecule has 0 aliphatic carbocycles. The van der Waals surface area contributed by atoms with E-state index in [9.17, 15) is 13.6 Å². The Bertz CT molecular complexity index is 1480. The second-order valence-corrected chi connectivity index (χ2v) is 9.36. The van der Waals surface area contributed by atoms with Crippen molar-refractivity contribution >= 4 is 22.6 Å². The van der Waals surface area contributed by atoms with E-state index in [2.05, 4.69) is 9.97 Å². The third-order valence-corrected chi connectivity index (χ3v) is 6.81. The molecule has 1 N–H and O–H groups in total. The van der Waals surface area contributed by atoms with Gasteiger partial charge in [-0.15, -0.1) is 0 Å². The van der Waals surface area contributed by atoms with Gasteiger partial charge < -0.3 is 19.5 Å². The van der Waals surface area contributed by atoms with Crippen molar-refractivity contribution in [1.82, 2.24) is 14.9 Å². The van der Waals surface area contributed by atoms with Crippen molar-refractivity contribution in [2.24, 2.45) is 0 Å². The van der Waals surface area contributed by atoms with E-state index >= 15 is 4.39 Å². The molecule has 0 radical (unpaired) electrons. The lowest BCUT2D eigenvalue weighted by atomic mass is 9.93. The predicted molar refractivity (Wildman–Crippen MR) is 137 cm³/mol. The number of piperazine rings is 1. The van der Waals surface area contributed by atoms with Gasteiger partial charge in [-0.3, -0.25) is 4.79 Å². The van der Waals surface area contributed by atoms with Crippen molar-refractivity contribution in [3.8, 4) is 16.9 Å². The number of hydrogen-bond acceptors (Lipinski definition) is 4. The Morgan fingerprint density at radius 2 is 1.76 bits per heavy atom. The summed E-state index contributed by atoms with van der Waals surface area (Å²) in [5.74, 6) is -1.63. The molecule has 0 bridgehead atoms. The highest BCUT2D eigenvalue weighted by atomic mass is 19.2. The van der Waals surface area contributed by atoms with Crippen LogP contribution in [0.5, 0.6) is 5.75 Å². The van der Waals surface area contributed by atoms with E-state index in [-0.39, 0.29) is 28.6 Å². The number of benzene rings is 2. The third-order valence-electron chi connectivity index (χ3n) is 6.81. The van der Waals surface area contributed by atoms with Crippen LogP contribution in [-0.4, -0.2) is 54.1 Å². The van der Waals surface area contributed by atoms with Crippen LogP contribution in [0.3, 0.4) is 0 Å². The molecule has 192 valence electrons. The molecule has 1 aliphatic rings. The number of carbonyl (C=O) groups excluding carboxylic acids is 1. The van der Waals surface area contributed by atoms with E-state index in [1.807, 2.05) is 24.8 Å². The summed E-state index contributed by atoms with van der Waals surface area (Å²) < 4.78 is 49.7. The number of nitrogens with zero attached hydrogens (tertiary/aromatic N) is 3. The fourth-order valence-corrected chi connectivity index (χ4v) is 4.82. The third kappa shape index (κ3) is 4.39. The molecular formula is C28H27F3N4O2. The molecule has 4 aromatic rings. The Morgan fingerprint density at radius 1 is 1.00 bits per heavy atom. The molecule has 2 aromatic carbocycles. The number of aromatic nitrogens is 2. The number of nitrogens with one attached hydrogen (secondary N) is 1. The lowest BCUT2D eigenvalue weighted by molar-refractivity contribution is 0.0741. The van der Waals surface area contributed by atoms with Crippen LogP contribution in [0.25, 0.3) is 22.0 Å². The Kier molecular flexibility index (Phi) is 6.54. The van der Waals surface area contributed by atoms with Crippen LogP contribution in [0.4, 0.5) is 19.0 Å². The van der Waals surface area contributed by atoms with Gasteiger partial charge in [0.25, 0.3) is 5.91 Å². The number of pyridine rings is 1. The van der Waals surface area contributed by atoms with E-state index in [1.165, 1.54) is 18.2 Å². The zero-order valence-electron chi connectivity index (χ0n) is 20.8. The van der Waals surface area contributed by atoms with Crippen LogP contribution in [-0.2, 0) is 0 Å². The van der Waals surface area contributed by atoms with Crippen LogP contribution in [0.2, 0.25) is 0 Å². The van der Waals surface area contributed by atoms with Crippen LogP contribution >= 0.6 is 0 Å². The summed E-state index contributed by atoms with van der Waals surface area (Å²) in [6.07, 6.45) is 1.69. The monoisotopic (exact) mass is 508 g/mol. The second kappa shape index (κ2) is 9.80. The quantitative estimate of drug-likeness (QED) is 0.373. The van der Waals surface area contributed by atoms with Crippen molar-refractivity contribution in [1.29, 1.82) is 0 Å². The number of H-pyrrole nitrogens is 1. The van der Waals surface area contributed by atoms with Crippen LogP contribution < -0.4 is 9.64 Å². The first-order valence-electron chi connectivity index (χ1n) is 12.1. The van der Waals surface area contributed by atoms with Gasteiger partial charge in [-0.1, -0.05) is 26.0 Å². The van der Waals surface area contributed by atoms with Gasteiger partial charge in [0.2, 0.25) is 0 Å². The summed E-state index contributed by atoms with van der Waals surface area (Å²) in [6, 6.07) is 10.6. The van der Waals surface area contributed by atoms with Gasteiger partial charge in [0.05, 0.1) is 12.6 Å². The highest BCUT2D eigenvalue weighted by molar-refractivity contribution is 6.03. The first-order valence-corrected chi connectivity index (χ1v) is 12.1. The van der Waals surface area contributed by atoms with Gasteiger partial charge >= 0.3 is 0 Å². The van der Waals surface area contributed by atoms with Crippen LogP contribution in [0, 0.1) is 17.5 Å². The minimum atomic E-state index is -1.01. The molecule has 1 amide bonds. The van der Waals surface area contributed by atoms with Crippen molar-refractivity contribution in [2.75, 3.05) is 38.2 Å². The van der Waals surface area contributed by atoms with Gasteiger partial charge in [0.1, 0.15) is 5.69 Å². The Morgan fingerprint density at radius 3 is 2.46 bits per heavy atom. The molecule has 0 unspecified atom stereocenters. The van der Waals surface area contributed by atoms with Crippen molar-refractivity contribution < 1.29 is 22.7 Å². The molecule has 1 aliphatic heterocycles. The average Bonchev–Trinajstić information content (AvgIpc) is 3.36. The van der Waals surface area contributed by atoms with Crippen LogP contribution in [0.1, 0.15) is 35.8 Å². The SMILES string of the molecule is COc1cccnc1N1CCN(C(=O)c2cc3c(-c4cccc(F)c4F)cc(C(C)C)c(F)c3[nH]2)CC1. The van der Waals surface area contributed by atoms with E-state index < -0.39 is 17.5 Å². The maximum absolute atomic E-state index is 15.5. The van der Waals surface area contributed by atoms with Gasteiger partial charge in [-0.2, -0.15) is 0 Å². The molecular weight excluding hydrogens is 481 g/mol. The van der Waals surface area contributed by atoms with E-state index in [4.69, 9.17) is 4.74 Å². The average molecular weight is 509 g/mol. The zero-order chi connectivity index (χ0) is 26.3. The maximum Gasteiger partial charge on any atom is 0.270 e. The number of methoxy groups -OCH3 is 1. The van der Waals surface area contributed by atoms with E-state index in [0.717, 1.165) is 6.07 Å². The van der Waals surface area contributed by atoms with Crippen molar-refractivity contribution in [3.63, 3.8) is 0 Å². The summed E-state index contributed by atoms with van der Waals surface area (Å²) in [7, 11) is 1.59. The fourth-order valence-electron chi connectivity index (χ4n) is 4.82. The van der Waals surface area contributed by atoms with Gasteiger partial charge in [-0.05, 0) is 47.4 Å². The maximum atomic E-state index is 15.5. The molecule has 6 nitrogen and oxygen atoms in total. The number of aromatic amines is 1. The Labute approximate surface area is 212 Å². The number of carbonyl (C=O) groups is 1. The molecule has 0 spiro atoms. The number of amides is 1. The van der Waals surface area contributed by atoms with Crippen molar-refractivity contribution in [2.45, 2.75) is 19.8 Å². The van der Waals surface area contributed by atoms with Gasteiger partial charge in [0, 0.05) is 43.3 Å². The Balaban J connectivity index is 1.48. The molecule has 1 saturated heterocycles. The largest absolute Gasteiger partial charge is 0.493 e. The summed E-state index contributed by atoms with van der Waals surface area (Å²) in [6.45, 7) is 5.59. The summed E-state index contributed by atoms with van der Waals surface area (Å²) in [4.78, 5) is 24.5. The summed E-state index contributed by atoms with van der Waals surface area (Å²) >= 11 is 0. The van der Waals surface area contributed by atoms with E-state index in [0.29, 0.717) is 54.3 Å². The van der Waals surface area contributed by atoms with Gasteiger partial charge in [-0.25, -0.2) is 18.2 Å². The highest BCUT2D eigenvalue weighted by Gasteiger charge is 2.27. The predicted octanol–water partition coefficient (Wildman–Crippen LogP) is 5.74. The normalized spacial score (nSPS) is 14.0. The highest BCUT2D eigenvalue weighted by Crippen LogP contribution is 2.37. The number of fused-ring (bicyclic) bond motifs is 1. The fraction of sp³-hybridized carbons (Fsp3) is 0.286. The second-order valence-electron chi connectivity index (χ2n) is 9.36. The number of ether oxygens (including phenoxy) is 1. The molecule has 9 heteroatoms. The molecule has 0 atom stereocenters. The summed E-state index contributed by atoms with van der Waals surface area (Å²) in [5, 5.41) is 0.326. The number of anilines is 1. The first kappa shape index (κ1) is 24.7. The lowest BCUT2D eigenvalue weighted by Crippen LogP contribution is -2.49. The Hall–Kier alpha value is -4.01. The smallest absolute Gasteiger partial charge is 0.270 e. The molecule has 1 fully saturated rings. The summed E-state index contributed by atoms with van der Waals surface area (Å²) in [5.41, 5.74) is 0.994. The van der Waals surface area contributed by atoms with Crippen LogP contribution in [0.15, 0.2) is 48.7 Å². The van der Waals surface area contributed by atoms with Gasteiger partial charge in [0.15, 0.2) is 29.0 Å². The number of rotatable bonds is 5. The topological polar surface area (TPSA) is 61.5 Å². The minimum absolute atomic E-state index is 0.0165. The molecule has 0 saturated carbocycles. The standard InChI is InChI=1S/C28H27F3N4O2/c1-16(2)18-14-19(17-6-4-7-21(29)24(17)30)20-15-22(33-26(20)25(18)31)28(36)35-12-10-34(11-13-35)27-23(37-3)8-5-9-32-27/h4-9,14-16,33H,10-13H2,1-3H3. The minimum Gasteiger partial charge on any atom is -0.493 e. The molecule has 37 heavy (non-hydrogen) atoms. The number of hydrogen-bond donors (Lipinski definition) is 1. The van der Waals surface area contributed by atoms with Crippen molar-refractivity contribution in [3.05, 3.63) is 77.4 Å². The number of halogens is 3.